The van der Waals surface area contributed by atoms with E-state index in [-0.39, 0.29) is 5.97 Å². The Morgan fingerprint density at radius 1 is 0.941 bits per heavy atom. The van der Waals surface area contributed by atoms with Gasteiger partial charge in [0.2, 0.25) is 0 Å². The summed E-state index contributed by atoms with van der Waals surface area (Å²) >= 11 is 1.89. The summed E-state index contributed by atoms with van der Waals surface area (Å²) in [6, 6.07) is 0. The van der Waals surface area contributed by atoms with Crippen molar-refractivity contribution in [2.75, 3.05) is 18.1 Å². The molecule has 0 radical (unpaired) electrons. The number of carbonyl (C=O) groups is 1. The lowest BCUT2D eigenvalue weighted by molar-refractivity contribution is -0.140. The summed E-state index contributed by atoms with van der Waals surface area (Å²) < 4.78 is 4.86. The van der Waals surface area contributed by atoms with E-state index in [1.807, 2.05) is 11.8 Å². The number of rotatable bonds is 12. The van der Waals surface area contributed by atoms with E-state index in [0.29, 0.717) is 6.61 Å². The molecule has 0 aromatic carbocycles. The first kappa shape index (κ1) is 16.8. The van der Waals surface area contributed by atoms with Gasteiger partial charge in [-0.25, -0.2) is 0 Å². The second-order valence-electron chi connectivity index (χ2n) is 4.43. The first-order valence-corrected chi connectivity index (χ1v) is 8.14. The third-order valence-electron chi connectivity index (χ3n) is 2.68. The fraction of sp³-hybridized carbons (Fsp3) is 0.929. The SMILES string of the molecule is CCCCCCCCCCSCCOC(C)=O. The summed E-state index contributed by atoms with van der Waals surface area (Å²) in [6.45, 7) is 4.28. The summed E-state index contributed by atoms with van der Waals surface area (Å²) in [4.78, 5) is 10.5. The third-order valence-corrected chi connectivity index (χ3v) is 3.71. The second-order valence-corrected chi connectivity index (χ2v) is 5.65. The van der Waals surface area contributed by atoms with Crippen LogP contribution in [0.2, 0.25) is 0 Å². The third kappa shape index (κ3) is 15.8. The van der Waals surface area contributed by atoms with Gasteiger partial charge in [-0.05, 0) is 12.2 Å². The van der Waals surface area contributed by atoms with Crippen molar-refractivity contribution in [3.05, 3.63) is 0 Å². The van der Waals surface area contributed by atoms with Crippen LogP contribution in [0, 0.1) is 0 Å². The molecule has 0 aromatic rings. The first-order valence-electron chi connectivity index (χ1n) is 6.98. The van der Waals surface area contributed by atoms with E-state index in [2.05, 4.69) is 6.92 Å². The quantitative estimate of drug-likeness (QED) is 0.384. The Morgan fingerprint density at radius 2 is 1.53 bits per heavy atom. The Morgan fingerprint density at radius 3 is 2.12 bits per heavy atom. The molecule has 17 heavy (non-hydrogen) atoms. The van der Waals surface area contributed by atoms with Crippen molar-refractivity contribution in [3.8, 4) is 0 Å². The lowest BCUT2D eigenvalue weighted by Crippen LogP contribution is -2.02. The monoisotopic (exact) mass is 260 g/mol. The maximum Gasteiger partial charge on any atom is 0.302 e. The Hall–Kier alpha value is -0.180. The molecule has 0 aliphatic carbocycles. The minimum absolute atomic E-state index is 0.169. The lowest BCUT2D eigenvalue weighted by Gasteiger charge is -2.03. The predicted molar refractivity (Wildman–Crippen MR) is 76.6 cm³/mol. The van der Waals surface area contributed by atoms with Gasteiger partial charge in [0.25, 0.3) is 0 Å². The highest BCUT2D eigenvalue weighted by atomic mass is 32.2. The summed E-state index contributed by atoms with van der Waals surface area (Å²) in [7, 11) is 0. The molecule has 0 rings (SSSR count). The molecule has 0 bridgehead atoms. The summed E-state index contributed by atoms with van der Waals surface area (Å²) in [5, 5.41) is 0. The van der Waals surface area contributed by atoms with E-state index in [4.69, 9.17) is 4.74 Å². The zero-order valence-corrected chi connectivity index (χ0v) is 12.3. The van der Waals surface area contributed by atoms with Crippen LogP contribution in [0.25, 0.3) is 0 Å². The molecule has 0 spiro atoms. The normalized spacial score (nSPS) is 10.5. The molecule has 0 aliphatic heterocycles. The van der Waals surface area contributed by atoms with E-state index in [9.17, 15) is 4.79 Å². The van der Waals surface area contributed by atoms with Crippen LogP contribution in [0.15, 0.2) is 0 Å². The summed E-state index contributed by atoms with van der Waals surface area (Å²) in [5.74, 6) is 1.98. The Balaban J connectivity index is 2.91. The standard InChI is InChI=1S/C14H28O2S/c1-3-4-5-6-7-8-9-10-12-17-13-11-16-14(2)15/h3-13H2,1-2H3. The van der Waals surface area contributed by atoms with Gasteiger partial charge in [-0.15, -0.1) is 0 Å². The number of esters is 1. The maximum absolute atomic E-state index is 10.5. The van der Waals surface area contributed by atoms with E-state index >= 15 is 0 Å². The highest BCUT2D eigenvalue weighted by molar-refractivity contribution is 7.99. The zero-order valence-electron chi connectivity index (χ0n) is 11.5. The van der Waals surface area contributed by atoms with Crippen molar-refractivity contribution in [1.82, 2.24) is 0 Å². The highest BCUT2D eigenvalue weighted by Gasteiger charge is 1.94. The van der Waals surface area contributed by atoms with Gasteiger partial charge in [-0.3, -0.25) is 4.79 Å². The molecule has 0 atom stereocenters. The number of unbranched alkanes of at least 4 members (excludes halogenated alkanes) is 7. The molecule has 0 saturated heterocycles. The Labute approximate surface area is 111 Å². The van der Waals surface area contributed by atoms with Crippen LogP contribution in [0.5, 0.6) is 0 Å². The molecule has 0 saturated carbocycles. The molecule has 3 heteroatoms. The molecule has 0 unspecified atom stereocenters. The highest BCUT2D eigenvalue weighted by Crippen LogP contribution is 2.11. The fourth-order valence-electron chi connectivity index (χ4n) is 1.68. The fourth-order valence-corrected chi connectivity index (χ4v) is 2.50. The van der Waals surface area contributed by atoms with Crippen molar-refractivity contribution in [1.29, 1.82) is 0 Å². The largest absolute Gasteiger partial charge is 0.465 e. The van der Waals surface area contributed by atoms with Crippen molar-refractivity contribution < 1.29 is 9.53 Å². The van der Waals surface area contributed by atoms with E-state index < -0.39 is 0 Å². The van der Waals surface area contributed by atoms with Crippen LogP contribution < -0.4 is 0 Å². The van der Waals surface area contributed by atoms with Gasteiger partial charge in [0.15, 0.2) is 0 Å². The molecule has 0 N–H and O–H groups in total. The van der Waals surface area contributed by atoms with Gasteiger partial charge in [0, 0.05) is 12.7 Å². The number of ether oxygens (including phenoxy) is 1. The topological polar surface area (TPSA) is 26.3 Å². The molecular formula is C14H28O2S. The molecule has 102 valence electrons. The molecule has 0 aromatic heterocycles. The average Bonchev–Trinajstić information content (AvgIpc) is 2.30. The van der Waals surface area contributed by atoms with Gasteiger partial charge >= 0.3 is 5.97 Å². The number of thioether (sulfide) groups is 1. The van der Waals surface area contributed by atoms with Gasteiger partial charge in [-0.1, -0.05) is 51.9 Å². The molecule has 0 fully saturated rings. The predicted octanol–water partition coefficient (Wildman–Crippen LogP) is 4.42. The van der Waals surface area contributed by atoms with Gasteiger partial charge in [0.05, 0.1) is 0 Å². The molecule has 0 amide bonds. The Bertz CT molecular complexity index is 172. The number of carbonyl (C=O) groups excluding carboxylic acids is 1. The second kappa shape index (κ2) is 13.9. The molecule has 0 heterocycles. The van der Waals surface area contributed by atoms with Crippen molar-refractivity contribution in [2.45, 2.75) is 65.2 Å². The molecule has 0 aliphatic rings. The van der Waals surface area contributed by atoms with E-state index in [1.54, 1.807) is 0 Å². The lowest BCUT2D eigenvalue weighted by atomic mass is 10.1. The zero-order chi connectivity index (χ0) is 12.8. The minimum Gasteiger partial charge on any atom is -0.465 e. The minimum atomic E-state index is -0.169. The van der Waals surface area contributed by atoms with Crippen LogP contribution >= 0.6 is 11.8 Å². The maximum atomic E-state index is 10.5. The van der Waals surface area contributed by atoms with Gasteiger partial charge < -0.3 is 4.74 Å². The van der Waals surface area contributed by atoms with Crippen LogP contribution in [-0.4, -0.2) is 24.1 Å². The smallest absolute Gasteiger partial charge is 0.302 e. The Kier molecular flexibility index (Phi) is 13.7. The van der Waals surface area contributed by atoms with E-state index in [1.165, 1.54) is 64.0 Å². The first-order chi connectivity index (χ1) is 8.27. The van der Waals surface area contributed by atoms with Gasteiger partial charge in [-0.2, -0.15) is 11.8 Å². The molecule has 2 nitrogen and oxygen atoms in total. The molecular weight excluding hydrogens is 232 g/mol. The van der Waals surface area contributed by atoms with Crippen LogP contribution in [0.1, 0.15) is 65.2 Å². The van der Waals surface area contributed by atoms with Crippen molar-refractivity contribution >= 4 is 17.7 Å². The average molecular weight is 260 g/mol. The summed E-state index contributed by atoms with van der Waals surface area (Å²) in [6.07, 6.45) is 11.0. The van der Waals surface area contributed by atoms with E-state index in [0.717, 1.165) is 5.75 Å². The van der Waals surface area contributed by atoms with Crippen LogP contribution in [0.3, 0.4) is 0 Å². The van der Waals surface area contributed by atoms with Crippen molar-refractivity contribution in [3.63, 3.8) is 0 Å². The van der Waals surface area contributed by atoms with Gasteiger partial charge in [0.1, 0.15) is 6.61 Å². The van der Waals surface area contributed by atoms with Crippen LogP contribution in [-0.2, 0) is 9.53 Å². The number of hydrogen-bond donors (Lipinski definition) is 0. The number of hydrogen-bond acceptors (Lipinski definition) is 3. The van der Waals surface area contributed by atoms with Crippen LogP contribution in [0.4, 0.5) is 0 Å². The summed E-state index contributed by atoms with van der Waals surface area (Å²) in [5.41, 5.74) is 0. The van der Waals surface area contributed by atoms with Crippen molar-refractivity contribution in [2.24, 2.45) is 0 Å².